The lowest BCUT2D eigenvalue weighted by Crippen LogP contribution is -2.38. The highest BCUT2D eigenvalue weighted by molar-refractivity contribution is 6.32. The summed E-state index contributed by atoms with van der Waals surface area (Å²) < 4.78 is 16.5. The molecule has 0 aromatic heterocycles. The van der Waals surface area contributed by atoms with Gasteiger partial charge < -0.3 is 24.8 Å². The molecule has 126 valence electrons. The summed E-state index contributed by atoms with van der Waals surface area (Å²) in [5.74, 6) is 1.63. The molecule has 1 aromatic rings. The standard InChI is InChI=1S/C16H21ClN2O4/c17-13-6-12(7-14-15(13)23-4-1-3-22-14)9-19-16(20)18-8-11-2-5-21-10-11/h6-7,11H,1-5,8-10H2,(H2,18,19,20)/t11-/m0/s1. The first-order valence-electron chi connectivity index (χ1n) is 7.90. The smallest absolute Gasteiger partial charge is 0.315 e. The molecule has 1 saturated heterocycles. The summed E-state index contributed by atoms with van der Waals surface area (Å²) >= 11 is 6.24. The molecule has 0 bridgehead atoms. The van der Waals surface area contributed by atoms with E-state index in [-0.39, 0.29) is 6.03 Å². The summed E-state index contributed by atoms with van der Waals surface area (Å²) in [5.41, 5.74) is 0.874. The van der Waals surface area contributed by atoms with Crippen molar-refractivity contribution in [3.05, 3.63) is 22.7 Å². The second-order valence-electron chi connectivity index (χ2n) is 5.75. The van der Waals surface area contributed by atoms with Gasteiger partial charge in [-0.15, -0.1) is 0 Å². The third kappa shape index (κ3) is 4.42. The van der Waals surface area contributed by atoms with Crippen LogP contribution in [-0.2, 0) is 11.3 Å². The minimum atomic E-state index is -0.194. The molecular formula is C16H21ClN2O4. The van der Waals surface area contributed by atoms with Crippen molar-refractivity contribution in [2.45, 2.75) is 19.4 Å². The second kappa shape index (κ2) is 7.75. The Hall–Kier alpha value is -1.66. The van der Waals surface area contributed by atoms with Crippen LogP contribution in [-0.4, -0.2) is 39.0 Å². The number of nitrogens with one attached hydrogen (secondary N) is 2. The molecule has 2 N–H and O–H groups in total. The predicted molar refractivity (Wildman–Crippen MR) is 86.2 cm³/mol. The lowest BCUT2D eigenvalue weighted by Gasteiger charge is -2.13. The van der Waals surface area contributed by atoms with Gasteiger partial charge in [0.05, 0.1) is 24.8 Å². The van der Waals surface area contributed by atoms with Gasteiger partial charge in [-0.1, -0.05) is 11.6 Å². The van der Waals surface area contributed by atoms with Gasteiger partial charge in [-0.2, -0.15) is 0 Å². The number of carbonyl (C=O) groups excluding carboxylic acids is 1. The number of halogens is 1. The Morgan fingerprint density at radius 1 is 1.22 bits per heavy atom. The Morgan fingerprint density at radius 2 is 2.09 bits per heavy atom. The predicted octanol–water partition coefficient (Wildman–Crippen LogP) is 2.34. The van der Waals surface area contributed by atoms with E-state index in [4.69, 9.17) is 25.8 Å². The third-order valence-corrected chi connectivity index (χ3v) is 4.17. The monoisotopic (exact) mass is 340 g/mol. The van der Waals surface area contributed by atoms with Gasteiger partial charge in [0.25, 0.3) is 0 Å². The van der Waals surface area contributed by atoms with Crippen molar-refractivity contribution >= 4 is 17.6 Å². The molecule has 0 aliphatic carbocycles. The minimum Gasteiger partial charge on any atom is -0.489 e. The van der Waals surface area contributed by atoms with Crippen molar-refractivity contribution < 1.29 is 19.0 Å². The van der Waals surface area contributed by atoms with Crippen LogP contribution in [0, 0.1) is 5.92 Å². The second-order valence-corrected chi connectivity index (χ2v) is 6.16. The molecule has 1 atom stereocenters. The van der Waals surface area contributed by atoms with E-state index in [0.717, 1.165) is 31.6 Å². The van der Waals surface area contributed by atoms with Gasteiger partial charge >= 0.3 is 6.03 Å². The van der Waals surface area contributed by atoms with E-state index in [2.05, 4.69) is 10.6 Å². The lowest BCUT2D eigenvalue weighted by atomic mass is 10.1. The molecule has 2 heterocycles. The van der Waals surface area contributed by atoms with E-state index in [1.165, 1.54) is 0 Å². The summed E-state index contributed by atoms with van der Waals surface area (Å²) in [6.07, 6.45) is 1.82. The van der Waals surface area contributed by atoms with Crippen LogP contribution in [0.5, 0.6) is 11.5 Å². The zero-order valence-electron chi connectivity index (χ0n) is 12.9. The fraction of sp³-hybridized carbons (Fsp3) is 0.562. The Kier molecular flexibility index (Phi) is 5.46. The maximum absolute atomic E-state index is 11.8. The van der Waals surface area contributed by atoms with Crippen LogP contribution in [0.2, 0.25) is 5.02 Å². The van der Waals surface area contributed by atoms with Crippen LogP contribution in [0.4, 0.5) is 4.79 Å². The topological polar surface area (TPSA) is 68.8 Å². The van der Waals surface area contributed by atoms with E-state index in [1.54, 1.807) is 6.07 Å². The average Bonchev–Trinajstić information content (AvgIpc) is 2.95. The SMILES string of the molecule is O=C(NCc1cc(Cl)c2c(c1)OCCCO2)NC[C@@H]1CCOC1. The molecule has 7 heteroatoms. The quantitative estimate of drug-likeness (QED) is 0.882. The number of rotatable bonds is 4. The van der Waals surface area contributed by atoms with Gasteiger partial charge in [0.2, 0.25) is 0 Å². The van der Waals surface area contributed by atoms with Crippen molar-refractivity contribution in [3.63, 3.8) is 0 Å². The van der Waals surface area contributed by atoms with Crippen LogP contribution < -0.4 is 20.1 Å². The van der Waals surface area contributed by atoms with E-state index in [0.29, 0.717) is 48.7 Å². The van der Waals surface area contributed by atoms with Crippen LogP contribution in [0.3, 0.4) is 0 Å². The molecule has 0 radical (unpaired) electrons. The third-order valence-electron chi connectivity index (χ3n) is 3.89. The number of benzene rings is 1. The largest absolute Gasteiger partial charge is 0.489 e. The fourth-order valence-electron chi connectivity index (χ4n) is 2.61. The summed E-state index contributed by atoms with van der Waals surface area (Å²) in [6, 6.07) is 3.46. The maximum Gasteiger partial charge on any atom is 0.315 e. The first kappa shape index (κ1) is 16.2. The zero-order valence-corrected chi connectivity index (χ0v) is 13.7. The highest BCUT2D eigenvalue weighted by Gasteiger charge is 2.17. The number of hydrogen-bond donors (Lipinski definition) is 2. The number of hydrogen-bond acceptors (Lipinski definition) is 4. The Morgan fingerprint density at radius 3 is 2.91 bits per heavy atom. The molecule has 2 aliphatic rings. The number of urea groups is 1. The first-order chi connectivity index (χ1) is 11.2. The molecule has 1 fully saturated rings. The van der Waals surface area contributed by atoms with Gasteiger partial charge in [-0.25, -0.2) is 4.79 Å². The molecule has 6 nitrogen and oxygen atoms in total. The van der Waals surface area contributed by atoms with Gasteiger partial charge in [-0.05, 0) is 24.1 Å². The fourth-order valence-corrected chi connectivity index (χ4v) is 2.90. The van der Waals surface area contributed by atoms with Crippen molar-refractivity contribution in [1.82, 2.24) is 10.6 Å². The molecule has 0 spiro atoms. The van der Waals surface area contributed by atoms with E-state index >= 15 is 0 Å². The normalized spacial score (nSPS) is 20.0. The van der Waals surface area contributed by atoms with E-state index < -0.39 is 0 Å². The average molecular weight is 341 g/mol. The minimum absolute atomic E-state index is 0.194. The summed E-state index contributed by atoms with van der Waals surface area (Å²) in [7, 11) is 0. The number of carbonyl (C=O) groups is 1. The summed E-state index contributed by atoms with van der Waals surface area (Å²) in [6.45, 7) is 3.71. The highest BCUT2D eigenvalue weighted by atomic mass is 35.5. The molecule has 2 aliphatic heterocycles. The van der Waals surface area contributed by atoms with Gasteiger partial charge in [0.15, 0.2) is 11.5 Å². The van der Waals surface area contributed by atoms with Crippen molar-refractivity contribution in [1.29, 1.82) is 0 Å². The molecule has 0 saturated carbocycles. The first-order valence-corrected chi connectivity index (χ1v) is 8.27. The highest BCUT2D eigenvalue weighted by Crippen LogP contribution is 2.37. The number of fused-ring (bicyclic) bond motifs is 1. The van der Waals surface area contributed by atoms with Gasteiger partial charge in [0.1, 0.15) is 0 Å². The summed E-state index contributed by atoms with van der Waals surface area (Å²) in [4.78, 5) is 11.8. The van der Waals surface area contributed by atoms with Crippen LogP contribution in [0.15, 0.2) is 12.1 Å². The Bertz CT molecular complexity index is 561. The molecule has 0 unspecified atom stereocenters. The zero-order chi connectivity index (χ0) is 16.1. The molecular weight excluding hydrogens is 320 g/mol. The van der Waals surface area contributed by atoms with Crippen LogP contribution in [0.1, 0.15) is 18.4 Å². The summed E-state index contributed by atoms with van der Waals surface area (Å²) in [5, 5.41) is 6.19. The van der Waals surface area contributed by atoms with E-state index in [9.17, 15) is 4.79 Å². The van der Waals surface area contributed by atoms with Crippen LogP contribution in [0.25, 0.3) is 0 Å². The number of amides is 2. The van der Waals surface area contributed by atoms with Gasteiger partial charge in [0, 0.05) is 32.0 Å². The van der Waals surface area contributed by atoms with Crippen molar-refractivity contribution in [2.75, 3.05) is 33.0 Å². The molecule has 2 amide bonds. The molecule has 3 rings (SSSR count). The molecule has 1 aromatic carbocycles. The van der Waals surface area contributed by atoms with Gasteiger partial charge in [-0.3, -0.25) is 0 Å². The number of ether oxygens (including phenoxy) is 3. The maximum atomic E-state index is 11.8. The molecule has 23 heavy (non-hydrogen) atoms. The Labute approximate surface area is 140 Å². The van der Waals surface area contributed by atoms with Crippen LogP contribution >= 0.6 is 11.6 Å². The van der Waals surface area contributed by atoms with Crippen molar-refractivity contribution in [2.24, 2.45) is 5.92 Å². The lowest BCUT2D eigenvalue weighted by molar-refractivity contribution is 0.185. The van der Waals surface area contributed by atoms with E-state index in [1.807, 2.05) is 6.07 Å². The Balaban J connectivity index is 1.52. The van der Waals surface area contributed by atoms with Crippen molar-refractivity contribution in [3.8, 4) is 11.5 Å².